The molecule has 21 heavy (non-hydrogen) atoms. The Morgan fingerprint density at radius 1 is 1.19 bits per heavy atom. The lowest BCUT2D eigenvalue weighted by molar-refractivity contribution is 0.582. The van der Waals surface area contributed by atoms with Gasteiger partial charge < -0.3 is 10.2 Å². The Bertz CT molecular complexity index is 591. The minimum absolute atomic E-state index is 0.309. The van der Waals surface area contributed by atoms with Crippen molar-refractivity contribution >= 4 is 5.82 Å². The van der Waals surface area contributed by atoms with E-state index >= 15 is 0 Å². The molecule has 3 heterocycles. The molecule has 1 aliphatic heterocycles. The van der Waals surface area contributed by atoms with Crippen molar-refractivity contribution in [3.8, 4) is 11.3 Å². The minimum Gasteiger partial charge on any atom is -0.354 e. The van der Waals surface area contributed by atoms with Crippen LogP contribution in [0, 0.1) is 0 Å². The molecule has 5 nitrogen and oxygen atoms in total. The second-order valence-electron chi connectivity index (χ2n) is 5.60. The van der Waals surface area contributed by atoms with Gasteiger partial charge in [-0.3, -0.25) is 4.98 Å². The maximum atomic E-state index is 4.75. The summed E-state index contributed by atoms with van der Waals surface area (Å²) in [6.45, 7) is 8.24. The molecule has 1 fully saturated rings. The van der Waals surface area contributed by atoms with Gasteiger partial charge in [-0.2, -0.15) is 0 Å². The summed E-state index contributed by atoms with van der Waals surface area (Å²) >= 11 is 0. The highest BCUT2D eigenvalue weighted by atomic mass is 15.2. The van der Waals surface area contributed by atoms with Gasteiger partial charge in [-0.05, 0) is 12.1 Å². The zero-order valence-corrected chi connectivity index (χ0v) is 12.6. The number of aromatic nitrogens is 3. The van der Waals surface area contributed by atoms with Gasteiger partial charge in [0.15, 0.2) is 0 Å². The van der Waals surface area contributed by atoms with E-state index < -0.39 is 0 Å². The van der Waals surface area contributed by atoms with Crippen molar-refractivity contribution in [3.05, 3.63) is 36.4 Å². The summed E-state index contributed by atoms with van der Waals surface area (Å²) in [6.07, 6.45) is 3.64. The van der Waals surface area contributed by atoms with E-state index in [1.807, 2.05) is 18.3 Å². The van der Waals surface area contributed by atoms with E-state index in [9.17, 15) is 0 Å². The normalized spacial score (nSPS) is 15.5. The molecule has 0 radical (unpaired) electrons. The van der Waals surface area contributed by atoms with E-state index in [4.69, 9.17) is 9.97 Å². The molecule has 5 heteroatoms. The van der Waals surface area contributed by atoms with Crippen molar-refractivity contribution in [2.24, 2.45) is 0 Å². The molecule has 1 N–H and O–H groups in total. The van der Waals surface area contributed by atoms with Gasteiger partial charge in [0.2, 0.25) is 0 Å². The van der Waals surface area contributed by atoms with Crippen LogP contribution in [0.4, 0.5) is 5.82 Å². The van der Waals surface area contributed by atoms with Gasteiger partial charge in [-0.15, -0.1) is 0 Å². The zero-order chi connectivity index (χ0) is 14.7. The maximum absolute atomic E-state index is 4.75. The van der Waals surface area contributed by atoms with Crippen LogP contribution in [0.3, 0.4) is 0 Å². The van der Waals surface area contributed by atoms with Crippen LogP contribution in [0.1, 0.15) is 25.6 Å². The Balaban J connectivity index is 2.01. The molecule has 0 aliphatic carbocycles. The third-order valence-corrected chi connectivity index (χ3v) is 3.64. The quantitative estimate of drug-likeness (QED) is 0.934. The number of pyridine rings is 1. The van der Waals surface area contributed by atoms with Gasteiger partial charge in [0, 0.05) is 56.1 Å². The highest BCUT2D eigenvalue weighted by molar-refractivity contribution is 5.62. The number of piperazine rings is 1. The predicted octanol–water partition coefficient (Wildman–Crippen LogP) is 2.07. The van der Waals surface area contributed by atoms with Gasteiger partial charge in [0.25, 0.3) is 0 Å². The summed E-state index contributed by atoms with van der Waals surface area (Å²) in [5.74, 6) is 2.22. The highest BCUT2D eigenvalue weighted by Gasteiger charge is 2.16. The van der Waals surface area contributed by atoms with E-state index in [1.54, 1.807) is 6.20 Å². The Kier molecular flexibility index (Phi) is 4.10. The third-order valence-electron chi connectivity index (χ3n) is 3.64. The van der Waals surface area contributed by atoms with Crippen LogP contribution >= 0.6 is 0 Å². The molecule has 1 saturated heterocycles. The van der Waals surface area contributed by atoms with Gasteiger partial charge in [-0.25, -0.2) is 9.97 Å². The average Bonchev–Trinajstić information content (AvgIpc) is 2.56. The summed E-state index contributed by atoms with van der Waals surface area (Å²) in [5, 5.41) is 3.37. The van der Waals surface area contributed by atoms with Crippen LogP contribution in [0.5, 0.6) is 0 Å². The van der Waals surface area contributed by atoms with E-state index in [0.29, 0.717) is 5.92 Å². The minimum atomic E-state index is 0.309. The molecular formula is C16H21N5. The molecule has 1 aliphatic rings. The molecule has 0 saturated carbocycles. The van der Waals surface area contributed by atoms with Crippen LogP contribution in [0.15, 0.2) is 30.6 Å². The van der Waals surface area contributed by atoms with Crippen molar-refractivity contribution in [1.82, 2.24) is 20.3 Å². The monoisotopic (exact) mass is 283 g/mol. The molecule has 3 rings (SSSR count). The number of nitrogens with one attached hydrogen (secondary N) is 1. The molecule has 110 valence electrons. The first-order valence-corrected chi connectivity index (χ1v) is 7.49. The zero-order valence-electron chi connectivity index (χ0n) is 12.6. The molecule has 0 amide bonds. The molecule has 0 spiro atoms. The van der Waals surface area contributed by atoms with E-state index in [1.165, 1.54) is 0 Å². The fraction of sp³-hybridized carbons (Fsp3) is 0.438. The summed E-state index contributed by atoms with van der Waals surface area (Å²) in [7, 11) is 0. The third kappa shape index (κ3) is 3.19. The fourth-order valence-corrected chi connectivity index (χ4v) is 2.43. The first kappa shape index (κ1) is 13.9. The molecule has 2 aromatic rings. The number of nitrogens with zero attached hydrogens (tertiary/aromatic N) is 4. The van der Waals surface area contributed by atoms with Crippen molar-refractivity contribution in [2.45, 2.75) is 19.8 Å². The van der Waals surface area contributed by atoms with E-state index in [-0.39, 0.29) is 0 Å². The molecule has 0 aromatic carbocycles. The van der Waals surface area contributed by atoms with Crippen molar-refractivity contribution in [2.75, 3.05) is 31.1 Å². The lowest BCUT2D eigenvalue weighted by Crippen LogP contribution is -2.44. The largest absolute Gasteiger partial charge is 0.354 e. The molecule has 0 atom stereocenters. The summed E-state index contributed by atoms with van der Waals surface area (Å²) in [4.78, 5) is 16.0. The average molecular weight is 283 g/mol. The second kappa shape index (κ2) is 6.18. The van der Waals surface area contributed by atoms with Gasteiger partial charge >= 0.3 is 0 Å². The topological polar surface area (TPSA) is 53.9 Å². The van der Waals surface area contributed by atoms with Crippen LogP contribution in [-0.2, 0) is 0 Å². The lowest BCUT2D eigenvalue weighted by atomic mass is 10.1. The smallest absolute Gasteiger partial charge is 0.133 e. The van der Waals surface area contributed by atoms with Crippen molar-refractivity contribution < 1.29 is 0 Å². The van der Waals surface area contributed by atoms with Crippen molar-refractivity contribution in [1.29, 1.82) is 0 Å². The Labute approximate surface area is 125 Å². The maximum Gasteiger partial charge on any atom is 0.133 e. The Morgan fingerprint density at radius 2 is 2.00 bits per heavy atom. The highest BCUT2D eigenvalue weighted by Crippen LogP contribution is 2.24. The Hall–Kier alpha value is -2.01. The number of hydrogen-bond donors (Lipinski definition) is 1. The molecule has 0 unspecified atom stereocenters. The summed E-state index contributed by atoms with van der Waals surface area (Å²) in [5.41, 5.74) is 1.99. The first-order valence-electron chi connectivity index (χ1n) is 7.49. The Morgan fingerprint density at radius 3 is 2.67 bits per heavy atom. The lowest BCUT2D eigenvalue weighted by Gasteiger charge is -2.29. The molecule has 2 aromatic heterocycles. The van der Waals surface area contributed by atoms with Gasteiger partial charge in [-0.1, -0.05) is 13.8 Å². The van der Waals surface area contributed by atoms with Gasteiger partial charge in [0.05, 0.1) is 5.69 Å². The summed E-state index contributed by atoms with van der Waals surface area (Å²) in [6, 6.07) is 6.06. The van der Waals surface area contributed by atoms with Crippen LogP contribution in [0.25, 0.3) is 11.3 Å². The molecule has 0 bridgehead atoms. The predicted molar refractivity (Wildman–Crippen MR) is 84.4 cm³/mol. The summed E-state index contributed by atoms with van der Waals surface area (Å²) < 4.78 is 0. The van der Waals surface area contributed by atoms with Crippen LogP contribution in [0.2, 0.25) is 0 Å². The van der Waals surface area contributed by atoms with Crippen LogP contribution in [-0.4, -0.2) is 41.1 Å². The number of rotatable bonds is 3. The number of hydrogen-bond acceptors (Lipinski definition) is 5. The van der Waals surface area contributed by atoms with E-state index in [2.05, 4.69) is 35.1 Å². The first-order chi connectivity index (χ1) is 10.2. The van der Waals surface area contributed by atoms with Crippen LogP contribution < -0.4 is 10.2 Å². The molecular weight excluding hydrogens is 262 g/mol. The van der Waals surface area contributed by atoms with Gasteiger partial charge in [0.1, 0.15) is 11.6 Å². The van der Waals surface area contributed by atoms with E-state index in [0.717, 1.165) is 49.1 Å². The fourth-order valence-electron chi connectivity index (χ4n) is 2.43. The SMILES string of the molecule is CC(C)c1nc(-c2cccnc2)cc(N2CCNCC2)n1. The standard InChI is InChI=1S/C16H21N5/c1-12(2)16-19-14(13-4-3-5-18-11-13)10-15(20-16)21-8-6-17-7-9-21/h3-5,10-12,17H,6-9H2,1-2H3. The van der Waals surface area contributed by atoms with Crippen molar-refractivity contribution in [3.63, 3.8) is 0 Å². The second-order valence-corrected chi connectivity index (χ2v) is 5.60. The number of anilines is 1.